The third-order valence-electron chi connectivity index (χ3n) is 6.45. The minimum Gasteiger partial charge on any atom is -0.465 e. The first-order valence-corrected chi connectivity index (χ1v) is 14.3. The van der Waals surface area contributed by atoms with Crippen molar-refractivity contribution in [3.8, 4) is 0 Å². The molecule has 0 atom stereocenters. The predicted molar refractivity (Wildman–Crippen MR) is 162 cm³/mol. The van der Waals surface area contributed by atoms with E-state index in [1.165, 1.54) is 18.5 Å². The number of carbonyl (C=O) groups excluding carboxylic acids is 3. The summed E-state index contributed by atoms with van der Waals surface area (Å²) < 4.78 is 5.94. The van der Waals surface area contributed by atoms with Gasteiger partial charge in [0.05, 0.1) is 18.7 Å². The molecule has 0 saturated carbocycles. The number of rotatable bonds is 12. The molecule has 1 fully saturated rings. The number of hydrogen-bond acceptors (Lipinski definition) is 9. The van der Waals surface area contributed by atoms with Crippen molar-refractivity contribution in [2.75, 3.05) is 63.1 Å². The molecule has 2 aromatic carbocycles. The second-order valence-corrected chi connectivity index (χ2v) is 10.4. The number of halogens is 1. The van der Waals surface area contributed by atoms with Crippen molar-refractivity contribution in [2.45, 2.75) is 13.3 Å². The highest BCUT2D eigenvalue weighted by molar-refractivity contribution is 9.10. The molecule has 11 nitrogen and oxygen atoms in total. The molecule has 0 unspecified atom stereocenters. The molecule has 12 heteroatoms. The van der Waals surface area contributed by atoms with Gasteiger partial charge in [-0.05, 0) is 56.3 Å². The SMILES string of the molecule is CCOC(=O)CN1CCN(CCCNC(=O)C=CC(=O)Nc2ccc3ncnc(Nc4cccc(Br)c4)c3c2)CC1. The number of anilines is 3. The molecule has 216 valence electrons. The van der Waals surface area contributed by atoms with Crippen LogP contribution in [-0.4, -0.2) is 90.0 Å². The van der Waals surface area contributed by atoms with Crippen molar-refractivity contribution >= 4 is 61.8 Å². The summed E-state index contributed by atoms with van der Waals surface area (Å²) in [7, 11) is 0. The van der Waals surface area contributed by atoms with E-state index in [2.05, 4.69) is 51.6 Å². The van der Waals surface area contributed by atoms with Gasteiger partial charge in [0, 0.05) is 66.1 Å². The Kier molecular flexibility index (Phi) is 11.2. The van der Waals surface area contributed by atoms with Crippen LogP contribution in [0.5, 0.6) is 0 Å². The Labute approximate surface area is 247 Å². The zero-order valence-corrected chi connectivity index (χ0v) is 24.5. The van der Waals surface area contributed by atoms with Crippen LogP contribution in [-0.2, 0) is 19.1 Å². The third-order valence-corrected chi connectivity index (χ3v) is 6.94. The van der Waals surface area contributed by atoms with Crippen molar-refractivity contribution in [1.29, 1.82) is 0 Å². The largest absolute Gasteiger partial charge is 0.465 e. The summed E-state index contributed by atoms with van der Waals surface area (Å²) in [5.41, 5.74) is 2.14. The summed E-state index contributed by atoms with van der Waals surface area (Å²) in [6.07, 6.45) is 4.72. The molecule has 3 aromatic rings. The van der Waals surface area contributed by atoms with Crippen LogP contribution in [0.2, 0.25) is 0 Å². The van der Waals surface area contributed by atoms with E-state index in [4.69, 9.17) is 4.74 Å². The lowest BCUT2D eigenvalue weighted by atomic mass is 10.2. The Bertz CT molecular complexity index is 1390. The van der Waals surface area contributed by atoms with Crippen molar-refractivity contribution < 1.29 is 19.1 Å². The van der Waals surface area contributed by atoms with E-state index in [9.17, 15) is 14.4 Å². The number of hydrogen-bond donors (Lipinski definition) is 3. The minimum atomic E-state index is -0.418. The van der Waals surface area contributed by atoms with Gasteiger partial charge in [-0.3, -0.25) is 19.3 Å². The fraction of sp³-hybridized carbons (Fsp3) is 0.345. The average molecular weight is 625 g/mol. The van der Waals surface area contributed by atoms with E-state index in [0.29, 0.717) is 31.2 Å². The number of fused-ring (bicyclic) bond motifs is 1. The second kappa shape index (κ2) is 15.2. The summed E-state index contributed by atoms with van der Waals surface area (Å²) in [6.45, 7) is 7.27. The van der Waals surface area contributed by atoms with Gasteiger partial charge in [-0.15, -0.1) is 0 Å². The van der Waals surface area contributed by atoms with Crippen molar-refractivity contribution in [3.63, 3.8) is 0 Å². The molecule has 1 aliphatic heterocycles. The fourth-order valence-corrected chi connectivity index (χ4v) is 4.80. The lowest BCUT2D eigenvalue weighted by molar-refractivity contribution is -0.144. The van der Waals surface area contributed by atoms with Crippen LogP contribution in [0.15, 0.2) is 65.4 Å². The van der Waals surface area contributed by atoms with Gasteiger partial charge in [-0.1, -0.05) is 22.0 Å². The molecule has 1 aromatic heterocycles. The normalized spacial score (nSPS) is 14.2. The molecule has 2 heterocycles. The molecule has 3 N–H and O–H groups in total. The number of esters is 1. The number of nitrogens with zero attached hydrogens (tertiary/aromatic N) is 4. The number of benzene rings is 2. The monoisotopic (exact) mass is 623 g/mol. The molecular formula is C29H34BrN7O4. The summed E-state index contributed by atoms with van der Waals surface area (Å²) in [4.78, 5) is 49.3. The van der Waals surface area contributed by atoms with Crippen LogP contribution in [0.25, 0.3) is 10.9 Å². The maximum atomic E-state index is 12.5. The molecule has 0 aliphatic carbocycles. The summed E-state index contributed by atoms with van der Waals surface area (Å²) in [5.74, 6) is -0.320. The van der Waals surface area contributed by atoms with E-state index in [1.807, 2.05) is 24.3 Å². The molecule has 1 saturated heterocycles. The van der Waals surface area contributed by atoms with Crippen LogP contribution in [0, 0.1) is 0 Å². The van der Waals surface area contributed by atoms with Crippen LogP contribution >= 0.6 is 15.9 Å². The van der Waals surface area contributed by atoms with Crippen LogP contribution in [0.1, 0.15) is 13.3 Å². The number of aromatic nitrogens is 2. The van der Waals surface area contributed by atoms with Crippen molar-refractivity contribution in [2.24, 2.45) is 0 Å². The highest BCUT2D eigenvalue weighted by Crippen LogP contribution is 2.27. The third kappa shape index (κ3) is 9.62. The molecular weight excluding hydrogens is 590 g/mol. The Morgan fingerprint density at radius 1 is 0.976 bits per heavy atom. The first-order valence-electron chi connectivity index (χ1n) is 13.5. The van der Waals surface area contributed by atoms with E-state index in [-0.39, 0.29) is 11.9 Å². The number of amides is 2. The second-order valence-electron chi connectivity index (χ2n) is 9.48. The van der Waals surface area contributed by atoms with Gasteiger partial charge in [0.2, 0.25) is 11.8 Å². The summed E-state index contributed by atoms with van der Waals surface area (Å²) >= 11 is 3.46. The summed E-state index contributed by atoms with van der Waals surface area (Å²) in [6, 6.07) is 13.1. The maximum Gasteiger partial charge on any atom is 0.320 e. The van der Waals surface area contributed by atoms with Gasteiger partial charge in [0.15, 0.2) is 0 Å². The minimum absolute atomic E-state index is 0.184. The standard InChI is InChI=1S/C29H34BrN7O4/c1-2-41-28(40)19-37-15-13-36(14-16-37)12-4-11-31-26(38)9-10-27(39)34-23-7-8-25-24(18-23)29(33-20-32-25)35-22-6-3-5-21(30)17-22/h3,5-10,17-18,20H,2,4,11-16,19H2,1H3,(H,31,38)(H,34,39)(H,32,33,35). The Morgan fingerprint density at radius 3 is 2.54 bits per heavy atom. The van der Waals surface area contributed by atoms with Gasteiger partial charge in [0.1, 0.15) is 12.1 Å². The van der Waals surface area contributed by atoms with Crippen molar-refractivity contribution in [3.05, 3.63) is 65.4 Å². The molecule has 1 aliphatic rings. The molecule has 0 bridgehead atoms. The highest BCUT2D eigenvalue weighted by Gasteiger charge is 2.19. The Morgan fingerprint density at radius 2 is 1.76 bits per heavy atom. The van der Waals surface area contributed by atoms with Crippen LogP contribution < -0.4 is 16.0 Å². The number of nitrogens with one attached hydrogen (secondary N) is 3. The highest BCUT2D eigenvalue weighted by atomic mass is 79.9. The first-order chi connectivity index (χ1) is 19.9. The fourth-order valence-electron chi connectivity index (χ4n) is 4.41. The lowest BCUT2D eigenvalue weighted by Crippen LogP contribution is -2.48. The van der Waals surface area contributed by atoms with Crippen LogP contribution in [0.3, 0.4) is 0 Å². The quantitative estimate of drug-likeness (QED) is 0.158. The molecule has 0 radical (unpaired) electrons. The first kappa shape index (κ1) is 30.1. The van der Waals surface area contributed by atoms with Crippen LogP contribution in [0.4, 0.5) is 17.2 Å². The lowest BCUT2D eigenvalue weighted by Gasteiger charge is -2.34. The van der Waals surface area contributed by atoms with E-state index < -0.39 is 5.91 Å². The molecule has 41 heavy (non-hydrogen) atoms. The smallest absolute Gasteiger partial charge is 0.320 e. The van der Waals surface area contributed by atoms with Crippen molar-refractivity contribution in [1.82, 2.24) is 25.1 Å². The molecule has 4 rings (SSSR count). The van der Waals surface area contributed by atoms with E-state index in [0.717, 1.165) is 60.2 Å². The van der Waals surface area contributed by atoms with Gasteiger partial charge in [-0.2, -0.15) is 0 Å². The number of carbonyl (C=O) groups is 3. The van der Waals surface area contributed by atoms with Gasteiger partial charge in [0.25, 0.3) is 0 Å². The molecule has 2 amide bonds. The van der Waals surface area contributed by atoms with Gasteiger partial charge in [-0.25, -0.2) is 9.97 Å². The summed E-state index contributed by atoms with van der Waals surface area (Å²) in [5, 5.41) is 9.63. The number of piperazine rings is 1. The Hall–Kier alpha value is -3.87. The topological polar surface area (TPSA) is 129 Å². The molecule has 0 spiro atoms. The average Bonchev–Trinajstić information content (AvgIpc) is 2.95. The van der Waals surface area contributed by atoms with E-state index >= 15 is 0 Å². The van der Waals surface area contributed by atoms with Gasteiger partial charge < -0.3 is 25.6 Å². The number of ether oxygens (including phenoxy) is 1. The zero-order chi connectivity index (χ0) is 29.0. The maximum absolute atomic E-state index is 12.5. The van der Waals surface area contributed by atoms with Gasteiger partial charge >= 0.3 is 5.97 Å². The predicted octanol–water partition coefficient (Wildman–Crippen LogP) is 3.32. The Balaban J connectivity index is 1.19. The zero-order valence-electron chi connectivity index (χ0n) is 22.9. The van der Waals surface area contributed by atoms with E-state index in [1.54, 1.807) is 25.1 Å².